The molecule has 4 nitrogen and oxygen atoms in total. The number of rotatable bonds is 4. The van der Waals surface area contributed by atoms with E-state index < -0.39 is 0 Å². The Bertz CT molecular complexity index is 321. The van der Waals surface area contributed by atoms with Gasteiger partial charge in [0, 0.05) is 12.7 Å². The largest absolute Gasteiger partial charge is 0.359 e. The van der Waals surface area contributed by atoms with Gasteiger partial charge in [0.05, 0.1) is 12.2 Å². The van der Waals surface area contributed by atoms with Crippen molar-refractivity contribution in [3.63, 3.8) is 0 Å². The lowest BCUT2D eigenvalue weighted by Crippen LogP contribution is -2.29. The van der Waals surface area contributed by atoms with E-state index in [9.17, 15) is 4.79 Å². The van der Waals surface area contributed by atoms with Crippen LogP contribution in [0.15, 0.2) is 18.3 Å². The highest BCUT2D eigenvalue weighted by Crippen LogP contribution is 2.14. The predicted molar refractivity (Wildman–Crippen MR) is 58.7 cm³/mol. The second kappa shape index (κ2) is 4.59. The number of aromatic amines is 1. The molecule has 1 aliphatic heterocycles. The topological polar surface area (TPSA) is 62.1 Å². The molecule has 2 heterocycles. The van der Waals surface area contributed by atoms with Gasteiger partial charge in [-0.15, -0.1) is 0 Å². The number of ketones is 1. The van der Waals surface area contributed by atoms with Crippen molar-refractivity contribution >= 4 is 5.78 Å². The Balaban J connectivity index is 1.86. The van der Waals surface area contributed by atoms with Crippen molar-refractivity contribution in [2.45, 2.75) is 6.42 Å². The van der Waals surface area contributed by atoms with Crippen molar-refractivity contribution in [1.82, 2.24) is 9.88 Å². The summed E-state index contributed by atoms with van der Waals surface area (Å²) in [5, 5.41) is 0. The standard InChI is InChI=1S/C11H17N3O/c12-6-9-3-5-14(7-9)8-11(15)10-2-1-4-13-10/h1-2,4,9,13H,3,5-8,12H2/t9-/m0/s1. The minimum Gasteiger partial charge on any atom is -0.359 e. The smallest absolute Gasteiger partial charge is 0.192 e. The first kappa shape index (κ1) is 10.4. The van der Waals surface area contributed by atoms with Gasteiger partial charge in [-0.3, -0.25) is 9.69 Å². The SMILES string of the molecule is NC[C@@H]1CCN(CC(=O)c2ccc[nH]2)C1. The summed E-state index contributed by atoms with van der Waals surface area (Å²) in [5.74, 6) is 0.735. The zero-order chi connectivity index (χ0) is 10.7. The molecule has 15 heavy (non-hydrogen) atoms. The zero-order valence-electron chi connectivity index (χ0n) is 8.78. The second-order valence-corrected chi connectivity index (χ2v) is 4.13. The average molecular weight is 207 g/mol. The van der Waals surface area contributed by atoms with Crippen LogP contribution in [0.2, 0.25) is 0 Å². The third kappa shape index (κ3) is 2.46. The number of nitrogens with zero attached hydrogens (tertiary/aromatic N) is 1. The molecule has 4 heteroatoms. The van der Waals surface area contributed by atoms with Crippen molar-refractivity contribution in [1.29, 1.82) is 0 Å². The molecule has 0 saturated carbocycles. The average Bonchev–Trinajstić information content (AvgIpc) is 2.87. The van der Waals surface area contributed by atoms with Crippen molar-refractivity contribution in [3.8, 4) is 0 Å². The molecule has 1 fully saturated rings. The fraction of sp³-hybridized carbons (Fsp3) is 0.545. The highest BCUT2D eigenvalue weighted by molar-refractivity contribution is 5.95. The number of carbonyl (C=O) groups is 1. The summed E-state index contributed by atoms with van der Waals surface area (Å²) < 4.78 is 0. The summed E-state index contributed by atoms with van der Waals surface area (Å²) in [5.41, 5.74) is 6.30. The summed E-state index contributed by atoms with van der Waals surface area (Å²) in [6, 6.07) is 3.67. The van der Waals surface area contributed by atoms with E-state index in [1.807, 2.05) is 12.1 Å². The molecule has 1 aliphatic rings. The summed E-state index contributed by atoms with van der Waals surface area (Å²) in [6.45, 7) is 3.20. The van der Waals surface area contributed by atoms with Crippen LogP contribution in [0.25, 0.3) is 0 Å². The molecule has 0 unspecified atom stereocenters. The Morgan fingerprint density at radius 3 is 3.13 bits per heavy atom. The van der Waals surface area contributed by atoms with E-state index in [0.29, 0.717) is 18.2 Å². The van der Waals surface area contributed by atoms with Crippen molar-refractivity contribution in [3.05, 3.63) is 24.0 Å². The normalized spacial score (nSPS) is 22.1. The minimum absolute atomic E-state index is 0.165. The van der Waals surface area contributed by atoms with Gasteiger partial charge in [-0.1, -0.05) is 0 Å². The van der Waals surface area contributed by atoms with Crippen molar-refractivity contribution in [2.75, 3.05) is 26.2 Å². The Kier molecular flexibility index (Phi) is 3.18. The first-order valence-electron chi connectivity index (χ1n) is 5.38. The van der Waals surface area contributed by atoms with Gasteiger partial charge in [-0.25, -0.2) is 0 Å². The van der Waals surface area contributed by atoms with E-state index in [-0.39, 0.29) is 5.78 Å². The van der Waals surface area contributed by atoms with Crippen LogP contribution in [0.5, 0.6) is 0 Å². The molecule has 0 aromatic carbocycles. The van der Waals surface area contributed by atoms with Gasteiger partial charge >= 0.3 is 0 Å². The van der Waals surface area contributed by atoms with E-state index in [1.54, 1.807) is 6.20 Å². The number of Topliss-reactive ketones (excluding diaryl/α,β-unsaturated/α-hetero) is 1. The van der Waals surface area contributed by atoms with Gasteiger partial charge in [0.25, 0.3) is 0 Å². The molecule has 1 aromatic rings. The number of nitrogens with two attached hydrogens (primary N) is 1. The molecule has 0 bridgehead atoms. The number of H-pyrrole nitrogens is 1. The first-order valence-corrected chi connectivity index (χ1v) is 5.38. The van der Waals surface area contributed by atoms with Crippen LogP contribution in [0.3, 0.4) is 0 Å². The van der Waals surface area contributed by atoms with Crippen LogP contribution in [-0.2, 0) is 0 Å². The van der Waals surface area contributed by atoms with Crippen molar-refractivity contribution < 1.29 is 4.79 Å². The maximum atomic E-state index is 11.8. The minimum atomic E-state index is 0.165. The lowest BCUT2D eigenvalue weighted by atomic mass is 10.1. The first-order chi connectivity index (χ1) is 7.29. The van der Waals surface area contributed by atoms with Gasteiger partial charge in [-0.05, 0) is 37.6 Å². The number of hydrogen-bond donors (Lipinski definition) is 2. The molecule has 0 spiro atoms. The Labute approximate surface area is 89.5 Å². The van der Waals surface area contributed by atoms with E-state index in [0.717, 1.165) is 26.1 Å². The fourth-order valence-corrected chi connectivity index (χ4v) is 2.04. The monoisotopic (exact) mass is 207 g/mol. The Morgan fingerprint density at radius 1 is 1.67 bits per heavy atom. The zero-order valence-corrected chi connectivity index (χ0v) is 8.78. The number of nitrogens with one attached hydrogen (secondary N) is 1. The third-order valence-corrected chi connectivity index (χ3v) is 2.97. The molecule has 82 valence electrons. The number of carbonyl (C=O) groups excluding carboxylic acids is 1. The number of aromatic nitrogens is 1. The molecule has 2 rings (SSSR count). The van der Waals surface area contributed by atoms with Crippen molar-refractivity contribution in [2.24, 2.45) is 11.7 Å². The third-order valence-electron chi connectivity index (χ3n) is 2.97. The van der Waals surface area contributed by atoms with Gasteiger partial charge < -0.3 is 10.7 Å². The summed E-state index contributed by atoms with van der Waals surface area (Å²) in [4.78, 5) is 16.9. The van der Waals surface area contributed by atoms with Gasteiger partial charge in [0.15, 0.2) is 5.78 Å². The van der Waals surface area contributed by atoms with E-state index in [2.05, 4.69) is 9.88 Å². The van der Waals surface area contributed by atoms with E-state index >= 15 is 0 Å². The lowest BCUT2D eigenvalue weighted by molar-refractivity contribution is 0.0939. The Morgan fingerprint density at radius 2 is 2.53 bits per heavy atom. The highest BCUT2D eigenvalue weighted by atomic mass is 16.1. The predicted octanol–water partition coefficient (Wildman–Crippen LogP) is 0.478. The Hall–Kier alpha value is -1.13. The van der Waals surface area contributed by atoms with Crippen LogP contribution in [-0.4, -0.2) is 41.8 Å². The maximum Gasteiger partial charge on any atom is 0.192 e. The second-order valence-electron chi connectivity index (χ2n) is 4.13. The van der Waals surface area contributed by atoms with Crippen LogP contribution in [0.4, 0.5) is 0 Å². The molecule has 1 aromatic heterocycles. The fourth-order valence-electron chi connectivity index (χ4n) is 2.04. The van der Waals surface area contributed by atoms with Gasteiger partial charge in [0.2, 0.25) is 0 Å². The van der Waals surface area contributed by atoms with Crippen LogP contribution in [0, 0.1) is 5.92 Å². The van der Waals surface area contributed by atoms with Gasteiger partial charge in [0.1, 0.15) is 0 Å². The summed E-state index contributed by atoms with van der Waals surface area (Å²) in [6.07, 6.45) is 2.90. The molecule has 0 amide bonds. The molecule has 3 N–H and O–H groups in total. The van der Waals surface area contributed by atoms with E-state index in [4.69, 9.17) is 5.73 Å². The molecule has 0 aliphatic carbocycles. The van der Waals surface area contributed by atoms with Crippen LogP contribution < -0.4 is 5.73 Å². The maximum absolute atomic E-state index is 11.8. The van der Waals surface area contributed by atoms with Crippen LogP contribution in [0.1, 0.15) is 16.9 Å². The molecular formula is C11H17N3O. The summed E-state index contributed by atoms with van der Waals surface area (Å²) in [7, 11) is 0. The molecule has 1 atom stereocenters. The number of hydrogen-bond acceptors (Lipinski definition) is 3. The number of likely N-dealkylation sites (tertiary alicyclic amines) is 1. The van der Waals surface area contributed by atoms with Crippen LogP contribution >= 0.6 is 0 Å². The van der Waals surface area contributed by atoms with Gasteiger partial charge in [-0.2, -0.15) is 0 Å². The molecular weight excluding hydrogens is 190 g/mol. The lowest BCUT2D eigenvalue weighted by Gasteiger charge is -2.13. The molecule has 1 saturated heterocycles. The molecule has 0 radical (unpaired) electrons. The summed E-state index contributed by atoms with van der Waals surface area (Å²) >= 11 is 0. The van der Waals surface area contributed by atoms with E-state index in [1.165, 1.54) is 0 Å². The highest BCUT2D eigenvalue weighted by Gasteiger charge is 2.23. The quantitative estimate of drug-likeness (QED) is 0.706.